The highest BCUT2D eigenvalue weighted by Gasteiger charge is 1.98. The third-order valence-electron chi connectivity index (χ3n) is 1.65. The first-order chi connectivity index (χ1) is 5.72. The van der Waals surface area contributed by atoms with Crippen molar-refractivity contribution in [3.05, 3.63) is 24.0 Å². The molecule has 0 radical (unpaired) electrons. The summed E-state index contributed by atoms with van der Waals surface area (Å²) in [5.74, 6) is 0.692. The summed E-state index contributed by atoms with van der Waals surface area (Å²) in [4.78, 5) is 5.61. The van der Waals surface area contributed by atoms with E-state index in [0.29, 0.717) is 5.92 Å². The number of rotatable bonds is 3. The van der Waals surface area contributed by atoms with Crippen LogP contribution >= 0.6 is 11.8 Å². The highest BCUT2D eigenvalue weighted by atomic mass is 32.2. The maximum absolute atomic E-state index is 4.37. The molecule has 0 aliphatic carbocycles. The lowest BCUT2D eigenvalue weighted by Crippen LogP contribution is -1.96. The average molecular weight is 181 g/mol. The molecule has 12 heavy (non-hydrogen) atoms. The fraction of sp³-hybridized carbons (Fsp3) is 0.500. The van der Waals surface area contributed by atoms with Gasteiger partial charge in [-0.3, -0.25) is 4.98 Å². The second-order valence-electron chi connectivity index (χ2n) is 3.29. The Labute approximate surface area is 78.6 Å². The Morgan fingerprint density at radius 2 is 2.17 bits per heavy atom. The van der Waals surface area contributed by atoms with Crippen LogP contribution in [0.1, 0.15) is 19.5 Å². The Kier molecular flexibility index (Phi) is 3.60. The summed E-state index contributed by atoms with van der Waals surface area (Å²) >= 11 is 1.73. The second kappa shape index (κ2) is 4.51. The SMILES string of the molecule is CSc1ccc(CC(C)C)nc1. The maximum atomic E-state index is 4.37. The Bertz CT molecular complexity index is 228. The van der Waals surface area contributed by atoms with Gasteiger partial charge >= 0.3 is 0 Å². The fourth-order valence-corrected chi connectivity index (χ4v) is 1.43. The monoisotopic (exact) mass is 181 g/mol. The van der Waals surface area contributed by atoms with Crippen molar-refractivity contribution >= 4 is 11.8 Å². The number of nitrogens with zero attached hydrogens (tertiary/aromatic N) is 1. The molecule has 66 valence electrons. The first-order valence-corrected chi connectivity index (χ1v) is 5.43. The van der Waals surface area contributed by atoms with Gasteiger partial charge < -0.3 is 0 Å². The summed E-state index contributed by atoms with van der Waals surface area (Å²) in [5, 5.41) is 0. The number of thioether (sulfide) groups is 1. The van der Waals surface area contributed by atoms with Crippen LogP contribution in [0.3, 0.4) is 0 Å². The van der Waals surface area contributed by atoms with Crippen LogP contribution in [0.2, 0.25) is 0 Å². The van der Waals surface area contributed by atoms with Crippen molar-refractivity contribution in [3.63, 3.8) is 0 Å². The van der Waals surface area contributed by atoms with Gasteiger partial charge in [0.25, 0.3) is 0 Å². The molecule has 0 aromatic carbocycles. The van der Waals surface area contributed by atoms with E-state index in [2.05, 4.69) is 37.2 Å². The molecule has 1 rings (SSSR count). The van der Waals surface area contributed by atoms with Crippen LogP contribution < -0.4 is 0 Å². The minimum Gasteiger partial charge on any atom is -0.260 e. The quantitative estimate of drug-likeness (QED) is 0.665. The van der Waals surface area contributed by atoms with Crippen LogP contribution in [-0.2, 0) is 6.42 Å². The maximum Gasteiger partial charge on any atom is 0.0407 e. The molecule has 1 nitrogen and oxygen atoms in total. The fourth-order valence-electron chi connectivity index (χ4n) is 1.07. The molecule has 0 saturated heterocycles. The van der Waals surface area contributed by atoms with Crippen molar-refractivity contribution in [3.8, 4) is 0 Å². The predicted octanol–water partition coefficient (Wildman–Crippen LogP) is 3.00. The predicted molar refractivity (Wildman–Crippen MR) is 54.6 cm³/mol. The minimum absolute atomic E-state index is 0.692. The molecular weight excluding hydrogens is 166 g/mol. The first kappa shape index (κ1) is 9.59. The van der Waals surface area contributed by atoms with Crippen molar-refractivity contribution in [2.75, 3.05) is 6.26 Å². The van der Waals surface area contributed by atoms with Crippen LogP contribution in [0.4, 0.5) is 0 Å². The number of aromatic nitrogens is 1. The van der Waals surface area contributed by atoms with Crippen molar-refractivity contribution in [2.24, 2.45) is 5.92 Å². The molecule has 1 heterocycles. The van der Waals surface area contributed by atoms with E-state index in [-0.39, 0.29) is 0 Å². The van der Waals surface area contributed by atoms with Crippen LogP contribution in [0.5, 0.6) is 0 Å². The van der Waals surface area contributed by atoms with Gasteiger partial charge in [0.1, 0.15) is 0 Å². The zero-order valence-electron chi connectivity index (χ0n) is 7.87. The topological polar surface area (TPSA) is 12.9 Å². The molecule has 0 saturated carbocycles. The van der Waals surface area contributed by atoms with Gasteiger partial charge in [0, 0.05) is 16.8 Å². The molecule has 0 atom stereocenters. The summed E-state index contributed by atoms with van der Waals surface area (Å²) in [6.45, 7) is 4.42. The van der Waals surface area contributed by atoms with Crippen LogP contribution in [0, 0.1) is 5.92 Å². The first-order valence-electron chi connectivity index (χ1n) is 4.21. The number of pyridine rings is 1. The van der Waals surface area contributed by atoms with E-state index in [1.54, 1.807) is 11.8 Å². The lowest BCUT2D eigenvalue weighted by molar-refractivity contribution is 0.634. The second-order valence-corrected chi connectivity index (χ2v) is 4.17. The number of hydrogen-bond donors (Lipinski definition) is 0. The molecule has 1 aromatic heterocycles. The molecule has 0 aliphatic heterocycles. The van der Waals surface area contributed by atoms with E-state index in [0.717, 1.165) is 6.42 Å². The van der Waals surface area contributed by atoms with E-state index in [4.69, 9.17) is 0 Å². The van der Waals surface area contributed by atoms with Crippen LogP contribution in [0.25, 0.3) is 0 Å². The van der Waals surface area contributed by atoms with E-state index in [9.17, 15) is 0 Å². The normalized spacial score (nSPS) is 10.7. The third-order valence-corrected chi connectivity index (χ3v) is 2.36. The van der Waals surface area contributed by atoms with Crippen molar-refractivity contribution in [1.82, 2.24) is 4.98 Å². The summed E-state index contributed by atoms with van der Waals surface area (Å²) in [5.41, 5.74) is 1.20. The van der Waals surface area contributed by atoms with E-state index < -0.39 is 0 Å². The average Bonchev–Trinajstić information content (AvgIpc) is 2.05. The molecule has 0 fully saturated rings. The van der Waals surface area contributed by atoms with Gasteiger partial charge in [-0.2, -0.15) is 0 Å². The largest absolute Gasteiger partial charge is 0.260 e. The lowest BCUT2D eigenvalue weighted by atomic mass is 10.1. The molecule has 0 amide bonds. The Morgan fingerprint density at radius 3 is 2.58 bits per heavy atom. The Hall–Kier alpha value is -0.500. The van der Waals surface area contributed by atoms with E-state index in [1.165, 1.54) is 10.6 Å². The van der Waals surface area contributed by atoms with Gasteiger partial charge in [0.2, 0.25) is 0 Å². The van der Waals surface area contributed by atoms with Gasteiger partial charge in [-0.1, -0.05) is 13.8 Å². The molecule has 0 unspecified atom stereocenters. The van der Waals surface area contributed by atoms with Gasteiger partial charge in [-0.05, 0) is 30.7 Å². The summed E-state index contributed by atoms with van der Waals surface area (Å²) in [6, 6.07) is 4.25. The Morgan fingerprint density at radius 1 is 1.42 bits per heavy atom. The van der Waals surface area contributed by atoms with Crippen molar-refractivity contribution in [1.29, 1.82) is 0 Å². The zero-order chi connectivity index (χ0) is 8.97. The Balaban J connectivity index is 2.65. The molecule has 0 bridgehead atoms. The molecular formula is C10H15NS. The molecule has 1 aromatic rings. The minimum atomic E-state index is 0.692. The van der Waals surface area contributed by atoms with Gasteiger partial charge in [0.15, 0.2) is 0 Å². The van der Waals surface area contributed by atoms with E-state index in [1.807, 2.05) is 6.20 Å². The van der Waals surface area contributed by atoms with Gasteiger partial charge in [-0.25, -0.2) is 0 Å². The zero-order valence-corrected chi connectivity index (χ0v) is 8.69. The smallest absolute Gasteiger partial charge is 0.0407 e. The third kappa shape index (κ3) is 2.86. The summed E-state index contributed by atoms with van der Waals surface area (Å²) in [6.07, 6.45) is 5.09. The highest BCUT2D eigenvalue weighted by molar-refractivity contribution is 7.98. The lowest BCUT2D eigenvalue weighted by Gasteiger charge is -2.03. The van der Waals surface area contributed by atoms with Gasteiger partial charge in [-0.15, -0.1) is 11.8 Å². The standard InChI is InChI=1S/C10H15NS/c1-8(2)6-9-4-5-10(12-3)7-11-9/h4-5,7-8H,6H2,1-3H3. The number of hydrogen-bond acceptors (Lipinski definition) is 2. The molecule has 0 N–H and O–H groups in total. The summed E-state index contributed by atoms with van der Waals surface area (Å²) in [7, 11) is 0. The van der Waals surface area contributed by atoms with Crippen molar-refractivity contribution < 1.29 is 0 Å². The summed E-state index contributed by atoms with van der Waals surface area (Å²) < 4.78 is 0. The van der Waals surface area contributed by atoms with Crippen LogP contribution in [0.15, 0.2) is 23.2 Å². The molecule has 2 heteroatoms. The van der Waals surface area contributed by atoms with Gasteiger partial charge in [0.05, 0.1) is 0 Å². The molecule has 0 spiro atoms. The van der Waals surface area contributed by atoms with Crippen molar-refractivity contribution in [2.45, 2.75) is 25.2 Å². The van der Waals surface area contributed by atoms with E-state index >= 15 is 0 Å². The highest BCUT2D eigenvalue weighted by Crippen LogP contribution is 2.13. The van der Waals surface area contributed by atoms with Crippen LogP contribution in [-0.4, -0.2) is 11.2 Å². The molecule has 0 aliphatic rings.